The van der Waals surface area contributed by atoms with Gasteiger partial charge in [-0.15, -0.1) is 0 Å². The Morgan fingerprint density at radius 1 is 1.37 bits per heavy atom. The normalized spacial score (nSPS) is 16.6. The van der Waals surface area contributed by atoms with E-state index in [-0.39, 0.29) is 5.91 Å². The number of halogens is 2. The molecule has 19 heavy (non-hydrogen) atoms. The summed E-state index contributed by atoms with van der Waals surface area (Å²) in [6, 6.07) is 5.07. The largest absolute Gasteiger partial charge is 0.391 e. The van der Waals surface area contributed by atoms with Gasteiger partial charge in [0.1, 0.15) is 0 Å². The van der Waals surface area contributed by atoms with Gasteiger partial charge in [0.15, 0.2) is 0 Å². The molecule has 102 valence electrons. The van der Waals surface area contributed by atoms with Crippen molar-refractivity contribution in [2.45, 2.75) is 18.9 Å². The minimum Gasteiger partial charge on any atom is -0.391 e. The Bertz CT molecular complexity index is 478. The highest BCUT2D eigenvalue weighted by molar-refractivity contribution is 6.34. The van der Waals surface area contributed by atoms with Crippen LogP contribution in [0, 0.1) is 5.92 Å². The number of carbonyl (C=O) groups excluding carboxylic acids is 1. The molecule has 1 atom stereocenters. The van der Waals surface area contributed by atoms with Gasteiger partial charge in [-0.25, -0.2) is 0 Å². The minimum absolute atomic E-state index is 0.240. The highest BCUT2D eigenvalue weighted by atomic mass is 35.5. The average molecular weight is 300 g/mol. The van der Waals surface area contributed by atoms with Crippen LogP contribution in [-0.4, -0.2) is 23.7 Å². The number of nitrogens with one attached hydrogen (secondary N) is 1. The quantitative estimate of drug-likeness (QED) is 0.822. The zero-order chi connectivity index (χ0) is 13.8. The predicted octanol–water partition coefficient (Wildman–Crippen LogP) is 2.89. The van der Waals surface area contributed by atoms with Crippen molar-refractivity contribution in [2.24, 2.45) is 5.92 Å². The van der Waals surface area contributed by atoms with E-state index in [0.717, 1.165) is 18.4 Å². The third-order valence-corrected chi connectivity index (χ3v) is 3.40. The molecule has 1 aromatic rings. The third-order valence-electron chi connectivity index (χ3n) is 2.96. The molecule has 1 aliphatic rings. The highest BCUT2D eigenvalue weighted by Gasteiger charge is 2.29. The number of hydrogen-bond acceptors (Lipinski definition) is 2. The second-order valence-electron chi connectivity index (χ2n) is 4.69. The van der Waals surface area contributed by atoms with Gasteiger partial charge < -0.3 is 10.4 Å². The lowest BCUT2D eigenvalue weighted by Crippen LogP contribution is -2.31. The first-order valence-corrected chi connectivity index (χ1v) is 6.90. The van der Waals surface area contributed by atoms with Gasteiger partial charge in [0.25, 0.3) is 0 Å². The second kappa shape index (κ2) is 6.42. The molecule has 0 aliphatic heterocycles. The van der Waals surface area contributed by atoms with Gasteiger partial charge in [-0.1, -0.05) is 23.2 Å². The summed E-state index contributed by atoms with van der Waals surface area (Å²) in [5.41, 5.74) is 0.760. The molecule has 0 spiro atoms. The van der Waals surface area contributed by atoms with Gasteiger partial charge in [0.05, 0.1) is 6.10 Å². The number of carbonyl (C=O) groups is 1. The number of aliphatic hydroxyl groups is 1. The molecule has 0 bridgehead atoms. The van der Waals surface area contributed by atoms with Crippen molar-refractivity contribution in [3.8, 4) is 0 Å². The number of benzene rings is 1. The maximum atomic E-state index is 11.6. The molecular formula is C14H15Cl2NO2. The van der Waals surface area contributed by atoms with Crippen molar-refractivity contribution < 1.29 is 9.90 Å². The summed E-state index contributed by atoms with van der Waals surface area (Å²) < 4.78 is 0. The van der Waals surface area contributed by atoms with Crippen LogP contribution < -0.4 is 5.32 Å². The lowest BCUT2D eigenvalue weighted by molar-refractivity contribution is -0.116. The molecule has 1 unspecified atom stereocenters. The first kappa shape index (κ1) is 14.4. The van der Waals surface area contributed by atoms with Crippen LogP contribution in [0.3, 0.4) is 0 Å². The summed E-state index contributed by atoms with van der Waals surface area (Å²) in [6.45, 7) is 0.296. The molecule has 0 saturated heterocycles. The van der Waals surface area contributed by atoms with Crippen molar-refractivity contribution in [3.63, 3.8) is 0 Å². The summed E-state index contributed by atoms with van der Waals surface area (Å²) in [7, 11) is 0. The molecule has 3 nitrogen and oxygen atoms in total. The van der Waals surface area contributed by atoms with Crippen molar-refractivity contribution in [3.05, 3.63) is 39.9 Å². The Morgan fingerprint density at radius 2 is 2.00 bits per heavy atom. The SMILES string of the molecule is O=C(C=Cc1cc(Cl)cc(Cl)c1)NCC(O)C1CC1. The van der Waals surface area contributed by atoms with E-state index in [1.54, 1.807) is 24.3 Å². The van der Waals surface area contributed by atoms with Gasteiger partial charge in [0, 0.05) is 22.7 Å². The molecule has 1 aromatic carbocycles. The van der Waals surface area contributed by atoms with E-state index in [9.17, 15) is 9.90 Å². The fourth-order valence-corrected chi connectivity index (χ4v) is 2.30. The Hall–Kier alpha value is -1.03. The van der Waals surface area contributed by atoms with E-state index >= 15 is 0 Å². The zero-order valence-corrected chi connectivity index (χ0v) is 11.8. The van der Waals surface area contributed by atoms with Crippen LogP contribution in [0.15, 0.2) is 24.3 Å². The Labute approximate surface area is 122 Å². The van der Waals surface area contributed by atoms with E-state index in [0.29, 0.717) is 22.5 Å². The summed E-state index contributed by atoms with van der Waals surface area (Å²) in [4.78, 5) is 11.6. The smallest absolute Gasteiger partial charge is 0.244 e. The number of hydrogen-bond donors (Lipinski definition) is 2. The van der Waals surface area contributed by atoms with E-state index in [2.05, 4.69) is 5.32 Å². The van der Waals surface area contributed by atoms with Gasteiger partial charge in [-0.2, -0.15) is 0 Å². The van der Waals surface area contributed by atoms with Crippen molar-refractivity contribution in [1.82, 2.24) is 5.32 Å². The van der Waals surface area contributed by atoms with Crippen LogP contribution in [0.5, 0.6) is 0 Å². The van der Waals surface area contributed by atoms with Crippen LogP contribution in [0.25, 0.3) is 6.08 Å². The Kier molecular flexibility index (Phi) is 4.86. The molecule has 1 saturated carbocycles. The molecule has 0 aromatic heterocycles. The van der Waals surface area contributed by atoms with E-state index in [4.69, 9.17) is 23.2 Å². The van der Waals surface area contributed by atoms with Crippen LogP contribution >= 0.6 is 23.2 Å². The van der Waals surface area contributed by atoms with Gasteiger partial charge >= 0.3 is 0 Å². The van der Waals surface area contributed by atoms with Crippen LogP contribution in [0.4, 0.5) is 0 Å². The number of aliphatic hydroxyl groups excluding tert-OH is 1. The lowest BCUT2D eigenvalue weighted by atomic mass is 10.2. The molecule has 0 radical (unpaired) electrons. The molecule has 2 N–H and O–H groups in total. The maximum Gasteiger partial charge on any atom is 0.244 e. The summed E-state index contributed by atoms with van der Waals surface area (Å²) in [5.74, 6) is 0.117. The lowest BCUT2D eigenvalue weighted by Gasteiger charge is -2.08. The molecule has 1 fully saturated rings. The minimum atomic E-state index is -0.432. The van der Waals surface area contributed by atoms with Crippen molar-refractivity contribution in [2.75, 3.05) is 6.54 Å². The molecule has 2 rings (SSSR count). The second-order valence-corrected chi connectivity index (χ2v) is 5.56. The van der Waals surface area contributed by atoms with Gasteiger partial charge in [-0.3, -0.25) is 4.79 Å². The van der Waals surface area contributed by atoms with Crippen LogP contribution in [0.2, 0.25) is 10.0 Å². The fourth-order valence-electron chi connectivity index (χ4n) is 1.76. The van der Waals surface area contributed by atoms with E-state index in [1.165, 1.54) is 6.08 Å². The Morgan fingerprint density at radius 3 is 2.58 bits per heavy atom. The predicted molar refractivity (Wildman–Crippen MR) is 77.2 cm³/mol. The molecule has 5 heteroatoms. The first-order chi connectivity index (χ1) is 9.04. The maximum absolute atomic E-state index is 11.6. The van der Waals surface area contributed by atoms with Crippen LogP contribution in [-0.2, 0) is 4.79 Å². The first-order valence-electron chi connectivity index (χ1n) is 6.14. The monoisotopic (exact) mass is 299 g/mol. The molecular weight excluding hydrogens is 285 g/mol. The van der Waals surface area contributed by atoms with Crippen molar-refractivity contribution >= 4 is 35.2 Å². The Balaban J connectivity index is 1.84. The van der Waals surface area contributed by atoms with Crippen LogP contribution in [0.1, 0.15) is 18.4 Å². The molecule has 1 amide bonds. The highest BCUT2D eigenvalue weighted by Crippen LogP contribution is 2.32. The summed E-state index contributed by atoms with van der Waals surface area (Å²) in [6.07, 6.45) is 4.71. The average Bonchev–Trinajstić information content (AvgIpc) is 3.16. The van der Waals surface area contributed by atoms with E-state index < -0.39 is 6.10 Å². The summed E-state index contributed by atoms with van der Waals surface area (Å²) in [5, 5.41) is 13.3. The fraction of sp³-hybridized carbons (Fsp3) is 0.357. The number of rotatable bonds is 5. The summed E-state index contributed by atoms with van der Waals surface area (Å²) >= 11 is 11.7. The standard InChI is InChI=1S/C14H15Cl2NO2/c15-11-5-9(6-12(16)7-11)1-4-14(19)17-8-13(18)10-2-3-10/h1,4-7,10,13,18H,2-3,8H2,(H,17,19). The number of amides is 1. The van der Waals surface area contributed by atoms with Gasteiger partial charge in [-0.05, 0) is 48.6 Å². The molecule has 1 aliphatic carbocycles. The zero-order valence-electron chi connectivity index (χ0n) is 10.3. The van der Waals surface area contributed by atoms with Gasteiger partial charge in [0.2, 0.25) is 5.91 Å². The topological polar surface area (TPSA) is 49.3 Å². The van der Waals surface area contributed by atoms with E-state index in [1.807, 2.05) is 0 Å². The third kappa shape index (κ3) is 4.86. The van der Waals surface area contributed by atoms with Crippen molar-refractivity contribution in [1.29, 1.82) is 0 Å². The molecule has 0 heterocycles.